The summed E-state index contributed by atoms with van der Waals surface area (Å²) in [7, 11) is 0. The lowest BCUT2D eigenvalue weighted by Crippen LogP contribution is -2.06. The minimum absolute atomic E-state index is 0.326. The summed E-state index contributed by atoms with van der Waals surface area (Å²) in [5, 5.41) is 9.28. The Hall–Kier alpha value is -2.93. The van der Waals surface area contributed by atoms with E-state index < -0.39 is 0 Å². The summed E-state index contributed by atoms with van der Waals surface area (Å²) in [5.74, 6) is -0.378. The van der Waals surface area contributed by atoms with Crippen molar-refractivity contribution in [3.8, 4) is 0 Å². The molecule has 0 unspecified atom stereocenters. The molecule has 2 heterocycles. The van der Waals surface area contributed by atoms with Gasteiger partial charge in [-0.05, 0) is 31.6 Å². The second kappa shape index (κ2) is 9.32. The lowest BCUT2D eigenvalue weighted by atomic mass is 10.1. The topological polar surface area (TPSA) is 74.8 Å². The number of halogens is 1. The third-order valence-electron chi connectivity index (χ3n) is 4.34. The summed E-state index contributed by atoms with van der Waals surface area (Å²) in [6.45, 7) is 5.45. The molecule has 3 rings (SSSR count). The normalized spacial score (nSPS) is 11.2. The van der Waals surface area contributed by atoms with E-state index in [4.69, 9.17) is 16.3 Å². The first kappa shape index (κ1) is 19.8. The molecule has 7 nitrogen and oxygen atoms in total. The minimum Gasteiger partial charge on any atom is -0.462 e. The molecule has 0 radical (unpaired) electrons. The van der Waals surface area contributed by atoms with Gasteiger partial charge in [0.25, 0.3) is 0 Å². The number of aryl methyl sites for hydroxylation is 2. The molecule has 2 aromatic heterocycles. The van der Waals surface area contributed by atoms with E-state index in [1.807, 2.05) is 42.8 Å². The van der Waals surface area contributed by atoms with Crippen LogP contribution in [0.4, 0.5) is 0 Å². The van der Waals surface area contributed by atoms with Crippen molar-refractivity contribution in [3.63, 3.8) is 0 Å². The molecular formula is C20H22ClN5O2. The van der Waals surface area contributed by atoms with Crippen LogP contribution in [0.5, 0.6) is 0 Å². The van der Waals surface area contributed by atoms with Gasteiger partial charge in [-0.3, -0.25) is 9.36 Å². The Bertz CT molecular complexity index is 963. The Balaban J connectivity index is 1.56. The van der Waals surface area contributed by atoms with E-state index in [0.717, 1.165) is 22.5 Å². The van der Waals surface area contributed by atoms with Crippen molar-refractivity contribution in [1.29, 1.82) is 0 Å². The number of hydrogen-bond donors (Lipinski definition) is 0. The van der Waals surface area contributed by atoms with Crippen molar-refractivity contribution in [3.05, 3.63) is 70.5 Å². The Labute approximate surface area is 168 Å². The Morgan fingerprint density at radius 3 is 2.86 bits per heavy atom. The molecule has 0 fully saturated rings. The molecule has 0 N–H and O–H groups in total. The van der Waals surface area contributed by atoms with Gasteiger partial charge in [-0.15, -0.1) is 0 Å². The van der Waals surface area contributed by atoms with E-state index in [0.29, 0.717) is 31.1 Å². The lowest BCUT2D eigenvalue weighted by molar-refractivity contribution is -0.137. The molecule has 0 aliphatic carbocycles. The number of hydrogen-bond acceptors (Lipinski definition) is 5. The molecule has 0 saturated heterocycles. The smallest absolute Gasteiger partial charge is 0.330 e. The van der Waals surface area contributed by atoms with E-state index in [1.54, 1.807) is 17.1 Å². The number of benzene rings is 1. The van der Waals surface area contributed by atoms with E-state index in [1.165, 1.54) is 12.4 Å². The highest BCUT2D eigenvalue weighted by Crippen LogP contribution is 2.20. The van der Waals surface area contributed by atoms with Gasteiger partial charge in [0.2, 0.25) is 0 Å². The third kappa shape index (κ3) is 5.07. The zero-order chi connectivity index (χ0) is 19.9. The molecule has 0 bridgehead atoms. The average Bonchev–Trinajstić information content (AvgIpc) is 3.28. The summed E-state index contributed by atoms with van der Waals surface area (Å²) in [6.07, 6.45) is 6.97. The molecule has 0 amide bonds. The maximum atomic E-state index is 12.0. The van der Waals surface area contributed by atoms with Crippen molar-refractivity contribution in [2.45, 2.75) is 33.4 Å². The van der Waals surface area contributed by atoms with Gasteiger partial charge in [0.15, 0.2) is 0 Å². The number of nitrogens with zero attached hydrogens (tertiary/aromatic N) is 5. The zero-order valence-electron chi connectivity index (χ0n) is 15.9. The van der Waals surface area contributed by atoms with Crippen LogP contribution >= 0.6 is 11.6 Å². The number of carbonyl (C=O) groups excluding carboxylic acids is 1. The van der Waals surface area contributed by atoms with Crippen molar-refractivity contribution in [2.24, 2.45) is 0 Å². The Kier molecular flexibility index (Phi) is 6.60. The number of aromatic nitrogens is 5. The summed E-state index contributed by atoms with van der Waals surface area (Å²) < 4.78 is 8.81. The number of esters is 1. The standard InChI is InChI=1S/C20H22ClN5O2/c1-15-18(8-9-20(27)28-11-5-10-25-14-22-13-23-25)16(2)26(24-15)12-17-6-3-4-7-19(17)21/h3-4,6-9,13-14H,5,10-12H2,1-2H3/b9-8+. The molecule has 28 heavy (non-hydrogen) atoms. The Morgan fingerprint density at radius 1 is 1.29 bits per heavy atom. The number of rotatable bonds is 8. The maximum absolute atomic E-state index is 12.0. The van der Waals surface area contributed by atoms with Crippen molar-refractivity contribution in [2.75, 3.05) is 6.61 Å². The fourth-order valence-corrected chi connectivity index (χ4v) is 3.04. The van der Waals surface area contributed by atoms with Crippen LogP contribution in [0.1, 0.15) is 28.9 Å². The van der Waals surface area contributed by atoms with Crippen LogP contribution in [-0.2, 0) is 22.6 Å². The first-order valence-electron chi connectivity index (χ1n) is 8.99. The van der Waals surface area contributed by atoms with Gasteiger partial charge in [-0.1, -0.05) is 29.8 Å². The second-order valence-corrected chi connectivity index (χ2v) is 6.75. The predicted octanol–water partition coefficient (Wildman–Crippen LogP) is 3.44. The van der Waals surface area contributed by atoms with E-state index in [9.17, 15) is 4.79 Å². The Morgan fingerprint density at radius 2 is 2.11 bits per heavy atom. The summed E-state index contributed by atoms with van der Waals surface area (Å²) in [6, 6.07) is 7.69. The van der Waals surface area contributed by atoms with Crippen LogP contribution < -0.4 is 0 Å². The van der Waals surface area contributed by atoms with Crippen molar-refractivity contribution in [1.82, 2.24) is 24.5 Å². The molecular weight excluding hydrogens is 378 g/mol. The summed E-state index contributed by atoms with van der Waals surface area (Å²) in [5.41, 5.74) is 3.72. The highest BCUT2D eigenvalue weighted by atomic mass is 35.5. The van der Waals surface area contributed by atoms with Gasteiger partial charge in [0, 0.05) is 35.3 Å². The number of carbonyl (C=O) groups is 1. The van der Waals surface area contributed by atoms with Crippen LogP contribution in [0.25, 0.3) is 6.08 Å². The van der Waals surface area contributed by atoms with Crippen LogP contribution in [0.2, 0.25) is 5.02 Å². The predicted molar refractivity (Wildman–Crippen MR) is 107 cm³/mol. The van der Waals surface area contributed by atoms with Gasteiger partial charge in [0.05, 0.1) is 18.8 Å². The van der Waals surface area contributed by atoms with E-state index in [2.05, 4.69) is 15.2 Å². The van der Waals surface area contributed by atoms with Crippen LogP contribution in [-0.4, -0.2) is 37.1 Å². The minimum atomic E-state index is -0.378. The quantitative estimate of drug-likeness (QED) is 0.329. The van der Waals surface area contributed by atoms with Crippen LogP contribution in [0.3, 0.4) is 0 Å². The lowest BCUT2D eigenvalue weighted by Gasteiger charge is -2.06. The van der Waals surface area contributed by atoms with Gasteiger partial charge in [0.1, 0.15) is 12.7 Å². The average molecular weight is 400 g/mol. The number of ether oxygens (including phenoxy) is 1. The molecule has 0 aliphatic heterocycles. The zero-order valence-corrected chi connectivity index (χ0v) is 16.6. The van der Waals surface area contributed by atoms with E-state index >= 15 is 0 Å². The molecule has 0 spiro atoms. The van der Waals surface area contributed by atoms with E-state index in [-0.39, 0.29) is 5.97 Å². The molecule has 0 saturated carbocycles. The second-order valence-electron chi connectivity index (χ2n) is 6.35. The van der Waals surface area contributed by atoms with Gasteiger partial charge in [-0.25, -0.2) is 9.78 Å². The van der Waals surface area contributed by atoms with Gasteiger partial charge >= 0.3 is 5.97 Å². The molecule has 146 valence electrons. The van der Waals surface area contributed by atoms with Crippen LogP contribution in [0.15, 0.2) is 43.0 Å². The third-order valence-corrected chi connectivity index (χ3v) is 4.71. The fourth-order valence-electron chi connectivity index (χ4n) is 2.84. The van der Waals surface area contributed by atoms with Gasteiger partial charge in [-0.2, -0.15) is 10.2 Å². The summed E-state index contributed by atoms with van der Waals surface area (Å²) in [4.78, 5) is 15.8. The highest BCUT2D eigenvalue weighted by molar-refractivity contribution is 6.31. The molecule has 8 heteroatoms. The first-order valence-corrected chi connectivity index (χ1v) is 9.37. The summed E-state index contributed by atoms with van der Waals surface area (Å²) >= 11 is 6.24. The van der Waals surface area contributed by atoms with Crippen molar-refractivity contribution >= 4 is 23.6 Å². The van der Waals surface area contributed by atoms with Crippen LogP contribution in [0, 0.1) is 13.8 Å². The first-order chi connectivity index (χ1) is 13.5. The highest BCUT2D eigenvalue weighted by Gasteiger charge is 2.11. The SMILES string of the molecule is Cc1nn(Cc2ccccc2Cl)c(C)c1/C=C/C(=O)OCCCn1cncn1. The molecule has 1 aromatic carbocycles. The monoisotopic (exact) mass is 399 g/mol. The van der Waals surface area contributed by atoms with Gasteiger partial charge < -0.3 is 4.74 Å². The molecule has 3 aromatic rings. The largest absolute Gasteiger partial charge is 0.462 e. The molecule has 0 aliphatic rings. The fraction of sp³-hybridized carbons (Fsp3) is 0.300. The molecule has 0 atom stereocenters. The maximum Gasteiger partial charge on any atom is 0.330 e. The van der Waals surface area contributed by atoms with Crippen molar-refractivity contribution < 1.29 is 9.53 Å².